The van der Waals surface area contributed by atoms with Gasteiger partial charge in [-0.2, -0.15) is 16.9 Å². The maximum atomic E-state index is 13.4. The summed E-state index contributed by atoms with van der Waals surface area (Å²) in [5.41, 5.74) is 4.55. The number of nitrogens with zero attached hydrogens (tertiary/aromatic N) is 2. The molecule has 0 radical (unpaired) electrons. The maximum absolute atomic E-state index is 13.4. The first-order chi connectivity index (χ1) is 16.0. The van der Waals surface area contributed by atoms with E-state index < -0.39 is 0 Å². The average Bonchev–Trinajstić information content (AvgIpc) is 3.38. The monoisotopic (exact) mass is 467 g/mol. The van der Waals surface area contributed by atoms with Gasteiger partial charge in [0.05, 0.1) is 31.2 Å². The summed E-state index contributed by atoms with van der Waals surface area (Å²) in [5.74, 6) is 3.59. The van der Waals surface area contributed by atoms with E-state index in [-0.39, 0.29) is 5.91 Å². The summed E-state index contributed by atoms with van der Waals surface area (Å²) >= 11 is 1.80. The topological polar surface area (TPSA) is 74.6 Å². The Morgan fingerprint density at radius 2 is 1.73 bits per heavy atom. The van der Waals surface area contributed by atoms with Crippen LogP contribution in [0.25, 0.3) is 5.69 Å². The van der Waals surface area contributed by atoms with Crippen molar-refractivity contribution in [2.75, 3.05) is 25.1 Å². The van der Waals surface area contributed by atoms with Crippen molar-refractivity contribution >= 4 is 23.5 Å². The lowest BCUT2D eigenvalue weighted by Crippen LogP contribution is -2.17. The molecule has 1 aliphatic rings. The number of ether oxygens (including phenoxy) is 3. The van der Waals surface area contributed by atoms with Crippen molar-refractivity contribution < 1.29 is 19.0 Å². The Morgan fingerprint density at radius 1 is 1.03 bits per heavy atom. The Morgan fingerprint density at radius 3 is 2.36 bits per heavy atom. The van der Waals surface area contributed by atoms with E-state index in [4.69, 9.17) is 19.3 Å². The molecule has 1 N–H and O–H groups in total. The first kappa shape index (κ1) is 23.0. The minimum absolute atomic E-state index is 0.256. The molecule has 1 amide bonds. The molecule has 2 aromatic carbocycles. The van der Waals surface area contributed by atoms with E-state index in [0.29, 0.717) is 48.5 Å². The van der Waals surface area contributed by atoms with Crippen molar-refractivity contribution in [3.63, 3.8) is 0 Å². The van der Waals surface area contributed by atoms with Crippen LogP contribution in [0.2, 0.25) is 0 Å². The predicted molar refractivity (Wildman–Crippen MR) is 131 cm³/mol. The van der Waals surface area contributed by atoms with Crippen LogP contribution >= 0.6 is 11.8 Å². The second-order valence-corrected chi connectivity index (χ2v) is 8.56. The van der Waals surface area contributed by atoms with E-state index in [2.05, 4.69) is 11.4 Å². The second kappa shape index (κ2) is 10.2. The Balaban J connectivity index is 1.73. The number of rotatable bonds is 9. The summed E-state index contributed by atoms with van der Waals surface area (Å²) in [5, 5.41) is 7.90. The van der Waals surface area contributed by atoms with E-state index in [0.717, 1.165) is 34.0 Å². The number of aromatic nitrogens is 2. The molecule has 33 heavy (non-hydrogen) atoms. The smallest absolute Gasteiger partial charge is 0.257 e. The average molecular weight is 468 g/mol. The van der Waals surface area contributed by atoms with Gasteiger partial charge in [0, 0.05) is 22.6 Å². The molecule has 8 heteroatoms. The zero-order valence-electron chi connectivity index (χ0n) is 19.4. The molecule has 0 spiro atoms. The van der Waals surface area contributed by atoms with Crippen LogP contribution in [-0.4, -0.2) is 35.5 Å². The number of thioether (sulfide) groups is 1. The van der Waals surface area contributed by atoms with Gasteiger partial charge in [0.2, 0.25) is 5.75 Å². The molecule has 0 unspecified atom stereocenters. The molecule has 0 fully saturated rings. The third-order valence-electron chi connectivity index (χ3n) is 5.20. The SMILES string of the molecule is CCOc1cc(C(=O)Nc2c3c(nn2-c2cccc(C)c2)CSC3)cc(OCC)c1OCC. The molecule has 7 nitrogen and oxygen atoms in total. The number of carbonyl (C=O) groups excluding carboxylic acids is 1. The third-order valence-corrected chi connectivity index (χ3v) is 6.17. The first-order valence-corrected chi connectivity index (χ1v) is 12.3. The van der Waals surface area contributed by atoms with Crippen molar-refractivity contribution in [1.82, 2.24) is 9.78 Å². The minimum atomic E-state index is -0.256. The fourth-order valence-electron chi connectivity index (χ4n) is 3.79. The number of fused-ring (bicyclic) bond motifs is 1. The van der Waals surface area contributed by atoms with Gasteiger partial charge < -0.3 is 19.5 Å². The molecule has 0 saturated carbocycles. The van der Waals surface area contributed by atoms with Crippen LogP contribution in [0.1, 0.15) is 48.0 Å². The Labute approximate surface area is 198 Å². The van der Waals surface area contributed by atoms with E-state index in [9.17, 15) is 4.79 Å². The van der Waals surface area contributed by atoms with Crippen LogP contribution < -0.4 is 19.5 Å². The number of aryl methyl sites for hydroxylation is 1. The number of hydrogen-bond acceptors (Lipinski definition) is 6. The lowest BCUT2D eigenvalue weighted by molar-refractivity contribution is 0.102. The fraction of sp³-hybridized carbons (Fsp3) is 0.360. The molecule has 0 aliphatic carbocycles. The lowest BCUT2D eigenvalue weighted by Gasteiger charge is -2.17. The van der Waals surface area contributed by atoms with Crippen molar-refractivity contribution in [3.8, 4) is 22.9 Å². The molecular formula is C25H29N3O4S. The molecular weight excluding hydrogens is 438 g/mol. The summed E-state index contributed by atoms with van der Waals surface area (Å²) in [6.45, 7) is 9.08. The van der Waals surface area contributed by atoms with Crippen LogP contribution in [0.3, 0.4) is 0 Å². The highest BCUT2D eigenvalue weighted by Gasteiger charge is 2.26. The van der Waals surface area contributed by atoms with E-state index in [1.165, 1.54) is 0 Å². The maximum Gasteiger partial charge on any atom is 0.257 e. The van der Waals surface area contributed by atoms with Gasteiger partial charge in [-0.15, -0.1) is 0 Å². The molecule has 0 bridgehead atoms. The summed E-state index contributed by atoms with van der Waals surface area (Å²) < 4.78 is 19.1. The zero-order chi connectivity index (χ0) is 23.4. The number of carbonyl (C=O) groups is 1. The first-order valence-electron chi connectivity index (χ1n) is 11.2. The number of hydrogen-bond donors (Lipinski definition) is 1. The number of benzene rings is 2. The predicted octanol–water partition coefficient (Wildman–Crippen LogP) is 5.38. The molecule has 0 saturated heterocycles. The molecule has 174 valence electrons. The van der Waals surface area contributed by atoms with Gasteiger partial charge >= 0.3 is 0 Å². The molecule has 3 aromatic rings. The molecule has 1 aliphatic heterocycles. The van der Waals surface area contributed by atoms with Gasteiger partial charge in [-0.25, -0.2) is 4.68 Å². The Kier molecular flexibility index (Phi) is 7.13. The highest BCUT2D eigenvalue weighted by molar-refractivity contribution is 7.98. The van der Waals surface area contributed by atoms with Crippen molar-refractivity contribution in [2.45, 2.75) is 39.2 Å². The van der Waals surface area contributed by atoms with Crippen molar-refractivity contribution in [3.05, 3.63) is 58.8 Å². The van der Waals surface area contributed by atoms with E-state index in [1.54, 1.807) is 23.9 Å². The van der Waals surface area contributed by atoms with Crippen LogP contribution in [0, 0.1) is 6.92 Å². The number of nitrogens with one attached hydrogen (secondary N) is 1. The molecule has 1 aromatic heterocycles. The normalized spacial score (nSPS) is 12.4. The molecule has 2 heterocycles. The lowest BCUT2D eigenvalue weighted by atomic mass is 10.1. The third kappa shape index (κ3) is 4.80. The summed E-state index contributed by atoms with van der Waals surface area (Å²) in [6, 6.07) is 11.5. The highest BCUT2D eigenvalue weighted by Crippen LogP contribution is 2.40. The van der Waals surface area contributed by atoms with Gasteiger partial charge in [-0.3, -0.25) is 4.79 Å². The minimum Gasteiger partial charge on any atom is -0.490 e. The number of amides is 1. The van der Waals surface area contributed by atoms with Gasteiger partial charge in [0.25, 0.3) is 5.91 Å². The fourth-order valence-corrected chi connectivity index (χ4v) is 4.82. The standard InChI is InChI=1S/C25H29N3O4S/c1-5-30-21-12-17(13-22(31-6-2)23(21)32-7-3)25(29)26-24-19-14-33-15-20(19)27-28(24)18-10-8-9-16(4)11-18/h8-13H,5-7,14-15H2,1-4H3,(H,26,29). The quantitative estimate of drug-likeness (QED) is 0.456. The largest absolute Gasteiger partial charge is 0.490 e. The molecule has 0 atom stereocenters. The van der Waals surface area contributed by atoms with Crippen molar-refractivity contribution in [1.29, 1.82) is 0 Å². The van der Waals surface area contributed by atoms with Gasteiger partial charge in [0.1, 0.15) is 5.82 Å². The Hall–Kier alpha value is -3.13. The second-order valence-electron chi connectivity index (χ2n) is 7.57. The van der Waals surface area contributed by atoms with Crippen LogP contribution in [-0.2, 0) is 11.5 Å². The van der Waals surface area contributed by atoms with Crippen LogP contribution in [0.15, 0.2) is 36.4 Å². The van der Waals surface area contributed by atoms with Crippen LogP contribution in [0.5, 0.6) is 17.2 Å². The van der Waals surface area contributed by atoms with E-state index in [1.807, 2.05) is 50.6 Å². The van der Waals surface area contributed by atoms with Crippen LogP contribution in [0.4, 0.5) is 5.82 Å². The van der Waals surface area contributed by atoms with Gasteiger partial charge in [0.15, 0.2) is 11.5 Å². The summed E-state index contributed by atoms with van der Waals surface area (Å²) in [7, 11) is 0. The van der Waals surface area contributed by atoms with Gasteiger partial charge in [-0.05, 0) is 57.5 Å². The molecule has 4 rings (SSSR count). The summed E-state index contributed by atoms with van der Waals surface area (Å²) in [6.07, 6.45) is 0. The van der Waals surface area contributed by atoms with E-state index >= 15 is 0 Å². The highest BCUT2D eigenvalue weighted by atomic mass is 32.2. The summed E-state index contributed by atoms with van der Waals surface area (Å²) in [4.78, 5) is 13.4. The number of anilines is 1. The zero-order valence-corrected chi connectivity index (χ0v) is 20.3. The Bertz CT molecular complexity index is 1130. The van der Waals surface area contributed by atoms with Crippen molar-refractivity contribution in [2.24, 2.45) is 0 Å². The van der Waals surface area contributed by atoms with Gasteiger partial charge in [-0.1, -0.05) is 12.1 Å².